The van der Waals surface area contributed by atoms with Crippen molar-refractivity contribution in [1.82, 2.24) is 0 Å². The van der Waals surface area contributed by atoms with Gasteiger partial charge in [0.1, 0.15) is 11.3 Å². The number of rotatable bonds is 1. The topological polar surface area (TPSA) is 29.4 Å². The van der Waals surface area contributed by atoms with E-state index in [2.05, 4.69) is 78.9 Å². The number of aliphatic imine (C=N–C) groups is 1. The van der Waals surface area contributed by atoms with E-state index >= 15 is 0 Å². The first-order valence-electron chi connectivity index (χ1n) is 9.53. The second-order valence-corrected chi connectivity index (χ2v) is 7.61. The largest absolute Gasteiger partial charge is 0.293 e. The molecular weight excluding hydrogens is 342 g/mol. The maximum Gasteiger partial charge on any atom is 0.177 e. The third kappa shape index (κ3) is 1.87. The van der Waals surface area contributed by atoms with Gasteiger partial charge in [0.15, 0.2) is 5.78 Å². The Morgan fingerprint density at radius 1 is 0.821 bits per heavy atom. The van der Waals surface area contributed by atoms with Crippen LogP contribution in [0.2, 0.25) is 0 Å². The molecule has 0 saturated carbocycles. The highest BCUT2D eigenvalue weighted by Gasteiger charge is 2.46. The van der Waals surface area contributed by atoms with Crippen LogP contribution >= 0.6 is 0 Å². The minimum atomic E-state index is -0.660. The zero-order valence-corrected chi connectivity index (χ0v) is 15.4. The number of benzene rings is 2. The molecule has 0 saturated heterocycles. The molecule has 1 unspecified atom stereocenters. The van der Waals surface area contributed by atoms with Gasteiger partial charge in [-0.3, -0.25) is 9.79 Å². The number of dihydropyridines is 1. The Labute approximate surface area is 163 Å². The van der Waals surface area contributed by atoms with Crippen LogP contribution < -0.4 is 0 Å². The Morgan fingerprint density at radius 3 is 2.11 bits per heavy atom. The van der Waals surface area contributed by atoms with Crippen molar-refractivity contribution < 1.29 is 4.79 Å². The molecule has 1 atom stereocenters. The van der Waals surface area contributed by atoms with Crippen LogP contribution in [0.4, 0.5) is 0 Å². The lowest BCUT2D eigenvalue weighted by Crippen LogP contribution is -2.35. The monoisotopic (exact) mass is 359 g/mol. The van der Waals surface area contributed by atoms with Crippen LogP contribution in [0.3, 0.4) is 0 Å². The van der Waals surface area contributed by atoms with Gasteiger partial charge >= 0.3 is 0 Å². The van der Waals surface area contributed by atoms with E-state index in [0.29, 0.717) is 5.71 Å². The molecule has 2 heteroatoms. The standard InChI is InChI=1S/C26H17NO/c1-16(28)25-15-22-20-10-5-3-8-18(20)14-24(22)26(27-25)12-6-11-21-19-9-4-2-7-17(19)13-23(21)26/h2-15H,1H3. The number of hydrogen-bond acceptors (Lipinski definition) is 2. The molecule has 132 valence electrons. The molecule has 28 heavy (non-hydrogen) atoms. The van der Waals surface area contributed by atoms with E-state index in [-0.39, 0.29) is 5.78 Å². The SMILES string of the molecule is CC(=O)C1=NC2(C=CC=C3C2=Cc2ccccc23)C2=Cc3ccccc3C2=C1. The average molecular weight is 359 g/mol. The van der Waals surface area contributed by atoms with E-state index in [0.717, 1.165) is 16.7 Å². The molecule has 1 heterocycles. The van der Waals surface area contributed by atoms with Crippen LogP contribution in [-0.4, -0.2) is 17.0 Å². The molecule has 4 aliphatic rings. The molecule has 0 fully saturated rings. The lowest BCUT2D eigenvalue weighted by molar-refractivity contribution is -0.111. The summed E-state index contributed by atoms with van der Waals surface area (Å²) in [6, 6.07) is 16.8. The first-order valence-corrected chi connectivity index (χ1v) is 9.53. The number of allylic oxidation sites excluding steroid dienone is 3. The summed E-state index contributed by atoms with van der Waals surface area (Å²) >= 11 is 0. The van der Waals surface area contributed by atoms with Crippen molar-refractivity contribution in [3.8, 4) is 0 Å². The minimum Gasteiger partial charge on any atom is -0.293 e. The quantitative estimate of drug-likeness (QED) is 0.679. The molecule has 3 aliphatic carbocycles. The van der Waals surface area contributed by atoms with Gasteiger partial charge < -0.3 is 0 Å². The van der Waals surface area contributed by atoms with Crippen molar-refractivity contribution in [3.63, 3.8) is 0 Å². The van der Waals surface area contributed by atoms with Gasteiger partial charge in [-0.1, -0.05) is 60.7 Å². The van der Waals surface area contributed by atoms with E-state index in [9.17, 15) is 4.79 Å². The second kappa shape index (κ2) is 5.26. The lowest BCUT2D eigenvalue weighted by atomic mass is 9.72. The molecule has 0 bridgehead atoms. The highest BCUT2D eigenvalue weighted by molar-refractivity contribution is 6.46. The van der Waals surface area contributed by atoms with Gasteiger partial charge in [0.25, 0.3) is 0 Å². The number of nitrogens with zero attached hydrogens (tertiary/aromatic N) is 1. The van der Waals surface area contributed by atoms with E-state index in [1.165, 1.54) is 27.8 Å². The third-order valence-electron chi connectivity index (χ3n) is 6.04. The summed E-state index contributed by atoms with van der Waals surface area (Å²) in [5.74, 6) is -0.00378. The Hall–Kier alpha value is -3.52. The fourth-order valence-electron chi connectivity index (χ4n) is 4.76. The van der Waals surface area contributed by atoms with Crippen molar-refractivity contribution in [3.05, 3.63) is 106 Å². The zero-order valence-electron chi connectivity index (χ0n) is 15.4. The number of fused-ring (bicyclic) bond motifs is 8. The van der Waals surface area contributed by atoms with Crippen LogP contribution in [0.5, 0.6) is 0 Å². The van der Waals surface area contributed by atoms with Crippen LogP contribution in [0, 0.1) is 0 Å². The molecule has 0 amide bonds. The fourth-order valence-corrected chi connectivity index (χ4v) is 4.76. The summed E-state index contributed by atoms with van der Waals surface area (Å²) in [5, 5.41) is 0. The molecule has 1 spiro atoms. The molecule has 0 aromatic heterocycles. The number of carbonyl (C=O) groups excluding carboxylic acids is 1. The predicted octanol–water partition coefficient (Wildman–Crippen LogP) is 5.30. The van der Waals surface area contributed by atoms with Crippen molar-refractivity contribution >= 4 is 34.8 Å². The number of carbonyl (C=O) groups is 1. The van der Waals surface area contributed by atoms with E-state index in [1.54, 1.807) is 6.92 Å². The van der Waals surface area contributed by atoms with Crippen LogP contribution in [0.25, 0.3) is 23.3 Å². The summed E-state index contributed by atoms with van der Waals surface area (Å²) in [6.07, 6.45) is 12.8. The van der Waals surface area contributed by atoms with Crippen LogP contribution in [0.1, 0.15) is 29.2 Å². The molecule has 2 aromatic rings. The Morgan fingerprint density at radius 2 is 1.43 bits per heavy atom. The fraction of sp³-hybridized carbons (Fsp3) is 0.0769. The van der Waals surface area contributed by atoms with E-state index < -0.39 is 5.54 Å². The van der Waals surface area contributed by atoms with Crippen molar-refractivity contribution in [1.29, 1.82) is 0 Å². The Balaban J connectivity index is 1.64. The average Bonchev–Trinajstić information content (AvgIpc) is 3.28. The van der Waals surface area contributed by atoms with Crippen molar-refractivity contribution in [2.24, 2.45) is 4.99 Å². The maximum atomic E-state index is 12.4. The van der Waals surface area contributed by atoms with Crippen LogP contribution in [0.15, 0.2) is 89.0 Å². The van der Waals surface area contributed by atoms with Gasteiger partial charge in [-0.15, -0.1) is 0 Å². The van der Waals surface area contributed by atoms with Crippen LogP contribution in [-0.2, 0) is 4.79 Å². The highest BCUT2D eigenvalue weighted by atomic mass is 16.1. The third-order valence-corrected chi connectivity index (χ3v) is 6.04. The molecular formula is C26H17NO. The maximum absolute atomic E-state index is 12.4. The van der Waals surface area contributed by atoms with Gasteiger partial charge in [0.2, 0.25) is 0 Å². The molecule has 2 nitrogen and oxygen atoms in total. The minimum absolute atomic E-state index is 0.00378. The Bertz CT molecular complexity index is 1270. The molecule has 0 N–H and O–H groups in total. The van der Waals surface area contributed by atoms with Gasteiger partial charge in [-0.2, -0.15) is 0 Å². The lowest BCUT2D eigenvalue weighted by Gasteiger charge is -2.36. The van der Waals surface area contributed by atoms with Gasteiger partial charge in [0.05, 0.1) is 0 Å². The smallest absolute Gasteiger partial charge is 0.177 e. The second-order valence-electron chi connectivity index (χ2n) is 7.61. The Kier molecular flexibility index (Phi) is 2.92. The van der Waals surface area contributed by atoms with Gasteiger partial charge in [-0.25, -0.2) is 0 Å². The summed E-state index contributed by atoms with van der Waals surface area (Å²) in [4.78, 5) is 17.4. The van der Waals surface area contributed by atoms with Gasteiger partial charge in [-0.05, 0) is 68.9 Å². The highest BCUT2D eigenvalue weighted by Crippen LogP contribution is 2.55. The first kappa shape index (κ1) is 15.5. The van der Waals surface area contributed by atoms with E-state index in [4.69, 9.17) is 4.99 Å². The van der Waals surface area contributed by atoms with Gasteiger partial charge in [0, 0.05) is 6.92 Å². The zero-order chi connectivity index (χ0) is 18.9. The first-order chi connectivity index (χ1) is 13.7. The number of Topliss-reactive ketones (excluding diaryl/α,β-unsaturated/α-hetero) is 1. The number of ketones is 1. The molecule has 1 aliphatic heterocycles. The molecule has 2 aromatic carbocycles. The summed E-state index contributed by atoms with van der Waals surface area (Å²) in [7, 11) is 0. The normalized spacial score (nSPS) is 23.0. The summed E-state index contributed by atoms with van der Waals surface area (Å²) in [6.45, 7) is 1.60. The number of hydrogen-bond donors (Lipinski definition) is 0. The van der Waals surface area contributed by atoms with Crippen molar-refractivity contribution in [2.75, 3.05) is 0 Å². The molecule has 6 rings (SSSR count). The summed E-state index contributed by atoms with van der Waals surface area (Å²) in [5.41, 5.74) is 9.28. The molecule has 0 radical (unpaired) electrons. The van der Waals surface area contributed by atoms with Crippen molar-refractivity contribution in [2.45, 2.75) is 12.5 Å². The predicted molar refractivity (Wildman–Crippen MR) is 115 cm³/mol. The van der Waals surface area contributed by atoms with E-state index in [1.807, 2.05) is 6.08 Å². The summed E-state index contributed by atoms with van der Waals surface area (Å²) < 4.78 is 0.